The molecular formula is C22H23F2N3O2. The highest BCUT2D eigenvalue weighted by molar-refractivity contribution is 5.69. The summed E-state index contributed by atoms with van der Waals surface area (Å²) in [6.45, 7) is 8.00. The summed E-state index contributed by atoms with van der Waals surface area (Å²) < 4.78 is 34.0. The lowest BCUT2D eigenvalue weighted by Gasteiger charge is -2.21. The molecule has 1 atom stereocenters. The van der Waals surface area contributed by atoms with Gasteiger partial charge in [0.25, 0.3) is 0 Å². The van der Waals surface area contributed by atoms with Crippen molar-refractivity contribution in [1.29, 1.82) is 0 Å². The molecule has 0 aliphatic heterocycles. The zero-order chi connectivity index (χ0) is 21.1. The number of aryl methyl sites for hydroxylation is 1. The number of methoxy groups -OCH3 is 1. The Kier molecular flexibility index (Phi) is 5.96. The van der Waals surface area contributed by atoms with Crippen LogP contribution in [-0.2, 0) is 6.54 Å². The summed E-state index contributed by atoms with van der Waals surface area (Å²) in [5, 5.41) is 3.17. The largest absolute Gasteiger partial charge is 0.490 e. The van der Waals surface area contributed by atoms with Crippen LogP contribution in [0.2, 0.25) is 0 Å². The monoisotopic (exact) mass is 399 g/mol. The number of nitrogens with zero attached hydrogens (tertiary/aromatic N) is 2. The van der Waals surface area contributed by atoms with Crippen molar-refractivity contribution in [2.24, 2.45) is 5.92 Å². The predicted octanol–water partition coefficient (Wildman–Crippen LogP) is 5.06. The van der Waals surface area contributed by atoms with Crippen molar-refractivity contribution < 1.29 is 13.5 Å². The van der Waals surface area contributed by atoms with Crippen LogP contribution in [0.3, 0.4) is 0 Å². The standard InChI is InChI=1S/C22H23F2N3O2/c1-13(2)16-6-5-14(3)19(9-16)25-22-26-21(28)20(29-4)12-27(22)11-15-7-17(23)10-18(24)8-15/h5-7,9-10,12,15H,1,8,11H2,2-4H3,(H,25,26,28). The van der Waals surface area contributed by atoms with Crippen molar-refractivity contribution >= 4 is 17.2 Å². The van der Waals surface area contributed by atoms with E-state index in [1.54, 1.807) is 4.57 Å². The number of nitrogens with one attached hydrogen (secondary N) is 1. The Hall–Kier alpha value is -3.22. The van der Waals surface area contributed by atoms with Crippen LogP contribution in [0.1, 0.15) is 24.5 Å². The topological polar surface area (TPSA) is 56.1 Å². The van der Waals surface area contributed by atoms with E-state index in [1.807, 2.05) is 32.0 Å². The lowest BCUT2D eigenvalue weighted by molar-refractivity contribution is 0.394. The molecule has 0 saturated carbocycles. The van der Waals surface area contributed by atoms with Gasteiger partial charge in [-0.1, -0.05) is 24.3 Å². The Bertz CT molecular complexity index is 1070. The van der Waals surface area contributed by atoms with Crippen LogP contribution in [0.15, 0.2) is 59.6 Å². The molecule has 3 rings (SSSR count). The molecule has 1 unspecified atom stereocenters. The maximum atomic E-state index is 13.7. The Balaban J connectivity index is 1.99. The highest BCUT2D eigenvalue weighted by atomic mass is 19.1. The molecule has 29 heavy (non-hydrogen) atoms. The first-order chi connectivity index (χ1) is 13.8. The molecule has 1 aliphatic rings. The molecule has 0 saturated heterocycles. The minimum absolute atomic E-state index is 0.0548. The van der Waals surface area contributed by atoms with E-state index in [1.165, 1.54) is 19.4 Å². The average Bonchev–Trinajstić information content (AvgIpc) is 2.64. The predicted molar refractivity (Wildman–Crippen MR) is 111 cm³/mol. The van der Waals surface area contributed by atoms with Crippen LogP contribution in [-0.4, -0.2) is 16.7 Å². The summed E-state index contributed by atoms with van der Waals surface area (Å²) in [6, 6.07) is 5.82. The fourth-order valence-corrected chi connectivity index (χ4v) is 3.16. The van der Waals surface area contributed by atoms with Gasteiger partial charge < -0.3 is 14.6 Å². The molecule has 2 aromatic rings. The van der Waals surface area contributed by atoms with Crippen molar-refractivity contribution in [3.63, 3.8) is 0 Å². The van der Waals surface area contributed by atoms with Crippen LogP contribution in [0.5, 0.6) is 5.75 Å². The number of aromatic nitrogens is 2. The van der Waals surface area contributed by atoms with Gasteiger partial charge in [-0.15, -0.1) is 0 Å². The Morgan fingerprint density at radius 2 is 2.17 bits per heavy atom. The molecule has 0 fully saturated rings. The van der Waals surface area contributed by atoms with E-state index >= 15 is 0 Å². The van der Waals surface area contributed by atoms with Gasteiger partial charge >= 0.3 is 5.56 Å². The second-order valence-corrected chi connectivity index (χ2v) is 7.13. The Labute approximate surface area is 168 Å². The fourth-order valence-electron chi connectivity index (χ4n) is 3.16. The van der Waals surface area contributed by atoms with E-state index < -0.39 is 23.1 Å². The zero-order valence-electron chi connectivity index (χ0n) is 16.6. The van der Waals surface area contributed by atoms with Gasteiger partial charge in [-0.2, -0.15) is 4.98 Å². The second kappa shape index (κ2) is 8.43. The summed E-state index contributed by atoms with van der Waals surface area (Å²) >= 11 is 0. The number of benzene rings is 1. The van der Waals surface area contributed by atoms with Crippen molar-refractivity contribution in [2.75, 3.05) is 12.4 Å². The molecule has 0 amide bonds. The van der Waals surface area contributed by atoms with E-state index in [0.717, 1.165) is 28.5 Å². The van der Waals surface area contributed by atoms with Gasteiger partial charge in [-0.05, 0) is 37.1 Å². The first-order valence-corrected chi connectivity index (χ1v) is 9.19. The van der Waals surface area contributed by atoms with E-state index in [-0.39, 0.29) is 24.7 Å². The van der Waals surface area contributed by atoms with Crippen molar-refractivity contribution in [3.05, 3.63) is 76.3 Å². The smallest absolute Gasteiger partial charge is 0.316 e. The number of anilines is 2. The Morgan fingerprint density at radius 3 is 2.83 bits per heavy atom. The highest BCUT2D eigenvalue weighted by Crippen LogP contribution is 2.28. The third-order valence-electron chi connectivity index (χ3n) is 4.74. The normalized spacial score (nSPS) is 16.1. The number of hydrogen-bond acceptors (Lipinski definition) is 4. The van der Waals surface area contributed by atoms with E-state index in [2.05, 4.69) is 16.9 Å². The molecule has 152 valence electrons. The van der Waals surface area contributed by atoms with Gasteiger partial charge in [0.15, 0.2) is 0 Å². The number of rotatable bonds is 6. The van der Waals surface area contributed by atoms with Gasteiger partial charge in [0.05, 0.1) is 13.3 Å². The highest BCUT2D eigenvalue weighted by Gasteiger charge is 2.19. The van der Waals surface area contributed by atoms with Crippen LogP contribution >= 0.6 is 0 Å². The summed E-state index contributed by atoms with van der Waals surface area (Å²) in [5.41, 5.74) is 3.02. The molecule has 1 N–H and O–H groups in total. The lowest BCUT2D eigenvalue weighted by Crippen LogP contribution is -2.21. The third-order valence-corrected chi connectivity index (χ3v) is 4.74. The molecule has 0 spiro atoms. The van der Waals surface area contributed by atoms with E-state index in [0.29, 0.717) is 0 Å². The van der Waals surface area contributed by atoms with Crippen molar-refractivity contribution in [2.45, 2.75) is 26.8 Å². The Morgan fingerprint density at radius 1 is 1.41 bits per heavy atom. The minimum Gasteiger partial charge on any atom is -0.490 e. The van der Waals surface area contributed by atoms with Gasteiger partial charge in [0.1, 0.15) is 11.7 Å². The molecule has 1 aromatic heterocycles. The second-order valence-electron chi connectivity index (χ2n) is 7.13. The van der Waals surface area contributed by atoms with Crippen molar-refractivity contribution in [3.8, 4) is 5.75 Å². The SMILES string of the molecule is C=C(C)c1ccc(C)c(Nc2nc(=O)c(OC)cn2CC2C=C(F)C=C(F)C2)c1. The van der Waals surface area contributed by atoms with Gasteiger partial charge in [0.2, 0.25) is 11.7 Å². The quantitative estimate of drug-likeness (QED) is 0.737. The average molecular weight is 399 g/mol. The molecule has 7 heteroatoms. The minimum atomic E-state index is -0.612. The van der Waals surface area contributed by atoms with Gasteiger partial charge in [-0.3, -0.25) is 4.79 Å². The molecule has 0 radical (unpaired) electrons. The maximum Gasteiger partial charge on any atom is 0.316 e. The molecule has 1 aliphatic carbocycles. The maximum absolute atomic E-state index is 13.7. The van der Waals surface area contributed by atoms with Gasteiger partial charge in [0, 0.05) is 30.6 Å². The molecule has 0 bridgehead atoms. The first-order valence-electron chi connectivity index (χ1n) is 9.19. The molecule has 1 aromatic carbocycles. The zero-order valence-corrected chi connectivity index (χ0v) is 16.6. The van der Waals surface area contributed by atoms with Gasteiger partial charge in [-0.25, -0.2) is 8.78 Å². The summed E-state index contributed by atoms with van der Waals surface area (Å²) in [5.74, 6) is -1.23. The van der Waals surface area contributed by atoms with Crippen LogP contribution < -0.4 is 15.6 Å². The van der Waals surface area contributed by atoms with Crippen LogP contribution in [0.4, 0.5) is 20.4 Å². The number of ether oxygens (including phenoxy) is 1. The van der Waals surface area contributed by atoms with Crippen molar-refractivity contribution in [1.82, 2.24) is 9.55 Å². The van der Waals surface area contributed by atoms with E-state index in [4.69, 9.17) is 4.74 Å². The third kappa shape index (κ3) is 4.80. The molecular weight excluding hydrogens is 376 g/mol. The summed E-state index contributed by atoms with van der Waals surface area (Å²) in [7, 11) is 1.37. The fraction of sp³-hybridized carbons (Fsp3) is 0.273. The van der Waals surface area contributed by atoms with Crippen LogP contribution in [0.25, 0.3) is 5.57 Å². The van der Waals surface area contributed by atoms with E-state index in [9.17, 15) is 13.6 Å². The number of allylic oxidation sites excluding steroid dienone is 5. The molecule has 1 heterocycles. The number of hydrogen-bond donors (Lipinski definition) is 1. The molecule has 5 nitrogen and oxygen atoms in total. The lowest BCUT2D eigenvalue weighted by atomic mass is 9.99. The first kappa shape index (κ1) is 20.5. The number of halogens is 2. The van der Waals surface area contributed by atoms with Crippen LogP contribution in [0, 0.1) is 12.8 Å². The summed E-state index contributed by atoms with van der Waals surface area (Å²) in [4.78, 5) is 16.3. The summed E-state index contributed by atoms with van der Waals surface area (Å²) in [6.07, 6.45) is 3.82.